The van der Waals surface area contributed by atoms with Crippen molar-refractivity contribution in [3.8, 4) is 0 Å². The van der Waals surface area contributed by atoms with E-state index in [0.717, 1.165) is 18.0 Å². The molecule has 1 rings (SSSR count). The molecule has 8 heteroatoms. The van der Waals surface area contributed by atoms with Crippen molar-refractivity contribution < 1.29 is 14.7 Å². The van der Waals surface area contributed by atoms with Gasteiger partial charge in [0.2, 0.25) is 5.01 Å². The molecule has 0 spiro atoms. The van der Waals surface area contributed by atoms with E-state index in [1.807, 2.05) is 0 Å². The van der Waals surface area contributed by atoms with Crippen LogP contribution in [0.15, 0.2) is 0 Å². The smallest absolute Gasteiger partial charge is 0.290 e. The second-order valence-electron chi connectivity index (χ2n) is 6.19. The molecule has 0 fully saturated rings. The van der Waals surface area contributed by atoms with E-state index in [-0.39, 0.29) is 22.4 Å². The van der Waals surface area contributed by atoms with Crippen LogP contribution in [-0.2, 0) is 10.2 Å². The molecule has 0 saturated carbocycles. The van der Waals surface area contributed by atoms with Crippen molar-refractivity contribution in [1.82, 2.24) is 15.5 Å². The van der Waals surface area contributed by atoms with Crippen LogP contribution in [0, 0.1) is 0 Å². The van der Waals surface area contributed by atoms with Crippen LogP contribution < -0.4 is 11.1 Å². The molecule has 0 aliphatic carbocycles. The predicted octanol–water partition coefficient (Wildman–Crippen LogP) is 1.39. The van der Waals surface area contributed by atoms with Crippen molar-refractivity contribution in [2.45, 2.75) is 52.0 Å². The van der Waals surface area contributed by atoms with E-state index in [1.165, 1.54) is 11.3 Å². The topological polar surface area (TPSA) is 118 Å². The van der Waals surface area contributed by atoms with Crippen LogP contribution in [0.25, 0.3) is 0 Å². The van der Waals surface area contributed by atoms with E-state index in [9.17, 15) is 4.79 Å². The highest BCUT2D eigenvalue weighted by molar-refractivity contribution is 7.13. The summed E-state index contributed by atoms with van der Waals surface area (Å²) in [7, 11) is 0. The average Bonchev–Trinajstić information content (AvgIpc) is 2.77. The number of carboxylic acid groups (broad SMARTS) is 1. The fraction of sp³-hybridized carbons (Fsp3) is 0.692. The van der Waals surface area contributed by atoms with Crippen molar-refractivity contribution in [3.05, 3.63) is 10.0 Å². The van der Waals surface area contributed by atoms with Crippen LogP contribution in [0.2, 0.25) is 0 Å². The highest BCUT2D eigenvalue weighted by Gasteiger charge is 2.26. The van der Waals surface area contributed by atoms with Gasteiger partial charge in [-0.25, -0.2) is 0 Å². The van der Waals surface area contributed by atoms with Crippen LogP contribution in [0.3, 0.4) is 0 Å². The SMILES string of the molecule is CC(C)(C)NCCC(C)(C)c1nnc(C(N)=O)s1.O=CO. The molecular formula is C13H24N4O3S. The zero-order valence-electron chi connectivity index (χ0n) is 13.1. The molecule has 1 aromatic heterocycles. The number of rotatable bonds is 5. The summed E-state index contributed by atoms with van der Waals surface area (Å²) in [6.07, 6.45) is 0.928. The molecule has 4 N–H and O–H groups in total. The third kappa shape index (κ3) is 7.72. The van der Waals surface area contributed by atoms with Crippen molar-refractivity contribution in [3.63, 3.8) is 0 Å². The number of nitrogens with two attached hydrogens (primary N) is 1. The van der Waals surface area contributed by atoms with E-state index in [2.05, 4.69) is 50.1 Å². The normalized spacial score (nSPS) is 11.5. The molecule has 1 amide bonds. The third-order valence-corrected chi connectivity index (χ3v) is 3.92. The van der Waals surface area contributed by atoms with Crippen LogP contribution in [0.1, 0.15) is 55.8 Å². The van der Waals surface area contributed by atoms with E-state index in [1.54, 1.807) is 0 Å². The fourth-order valence-electron chi connectivity index (χ4n) is 1.45. The number of nitrogens with zero attached hydrogens (tertiary/aromatic N) is 2. The summed E-state index contributed by atoms with van der Waals surface area (Å²) in [4.78, 5) is 19.4. The largest absolute Gasteiger partial charge is 0.483 e. The lowest BCUT2D eigenvalue weighted by atomic mass is 9.90. The molecule has 1 aromatic rings. The molecule has 0 unspecified atom stereocenters. The lowest BCUT2D eigenvalue weighted by molar-refractivity contribution is -0.122. The maximum absolute atomic E-state index is 11.0. The van der Waals surface area contributed by atoms with Crippen molar-refractivity contribution in [2.24, 2.45) is 5.73 Å². The minimum Gasteiger partial charge on any atom is -0.483 e. The first-order chi connectivity index (χ1) is 9.53. The van der Waals surface area contributed by atoms with Crippen molar-refractivity contribution in [2.75, 3.05) is 6.54 Å². The van der Waals surface area contributed by atoms with Crippen molar-refractivity contribution >= 4 is 23.7 Å². The van der Waals surface area contributed by atoms with E-state index in [0.29, 0.717) is 0 Å². The lowest BCUT2D eigenvalue weighted by Crippen LogP contribution is -2.38. The van der Waals surface area contributed by atoms with Gasteiger partial charge in [0.05, 0.1) is 0 Å². The monoisotopic (exact) mass is 316 g/mol. The van der Waals surface area contributed by atoms with E-state index in [4.69, 9.17) is 15.6 Å². The number of carbonyl (C=O) groups is 2. The van der Waals surface area contributed by atoms with Gasteiger partial charge in [-0.1, -0.05) is 25.2 Å². The van der Waals surface area contributed by atoms with Crippen LogP contribution in [-0.4, -0.2) is 39.8 Å². The molecular weight excluding hydrogens is 292 g/mol. The lowest BCUT2D eigenvalue weighted by Gasteiger charge is -2.26. The molecule has 0 bridgehead atoms. The summed E-state index contributed by atoms with van der Waals surface area (Å²) in [6.45, 7) is 11.2. The Morgan fingerprint density at radius 3 is 2.24 bits per heavy atom. The second-order valence-corrected chi connectivity index (χ2v) is 7.17. The maximum Gasteiger partial charge on any atom is 0.290 e. The van der Waals surface area contributed by atoms with Gasteiger partial charge in [-0.2, -0.15) is 0 Å². The van der Waals surface area contributed by atoms with Gasteiger partial charge < -0.3 is 16.2 Å². The fourth-order valence-corrected chi connectivity index (χ4v) is 2.28. The molecule has 0 aliphatic rings. The summed E-state index contributed by atoms with van der Waals surface area (Å²) in [5.74, 6) is -0.512. The van der Waals surface area contributed by atoms with Gasteiger partial charge in [-0.15, -0.1) is 10.2 Å². The summed E-state index contributed by atoms with van der Waals surface area (Å²) in [6, 6.07) is 0. The van der Waals surface area contributed by atoms with Gasteiger partial charge in [0.1, 0.15) is 5.01 Å². The number of hydrogen-bond acceptors (Lipinski definition) is 6. The third-order valence-electron chi connectivity index (χ3n) is 2.62. The molecule has 0 atom stereocenters. The summed E-state index contributed by atoms with van der Waals surface area (Å²) < 4.78 is 0. The minimum absolute atomic E-state index is 0.107. The molecule has 0 aromatic carbocycles. The minimum atomic E-state index is -0.512. The first-order valence-corrected chi connectivity index (χ1v) is 7.32. The number of amides is 1. The molecule has 0 saturated heterocycles. The predicted molar refractivity (Wildman–Crippen MR) is 82.5 cm³/mol. The van der Waals surface area contributed by atoms with Gasteiger partial charge in [0.15, 0.2) is 0 Å². The Labute approximate surface area is 129 Å². The quantitative estimate of drug-likeness (QED) is 0.706. The number of aromatic nitrogens is 2. The molecule has 0 aliphatic heterocycles. The molecule has 120 valence electrons. The number of carbonyl (C=O) groups excluding carboxylic acids is 1. The Bertz CT molecular complexity index is 466. The Morgan fingerprint density at radius 2 is 1.86 bits per heavy atom. The number of primary amides is 1. The highest BCUT2D eigenvalue weighted by Crippen LogP contribution is 2.29. The zero-order chi connectivity index (χ0) is 16.7. The molecule has 1 heterocycles. The molecule has 0 radical (unpaired) electrons. The maximum atomic E-state index is 11.0. The highest BCUT2D eigenvalue weighted by atomic mass is 32.1. The van der Waals surface area contributed by atoms with Gasteiger partial charge in [-0.05, 0) is 33.7 Å². The summed E-state index contributed by atoms with van der Waals surface area (Å²) in [5.41, 5.74) is 5.18. The summed E-state index contributed by atoms with van der Waals surface area (Å²) >= 11 is 1.28. The van der Waals surface area contributed by atoms with Crippen molar-refractivity contribution in [1.29, 1.82) is 0 Å². The van der Waals surface area contributed by atoms with Crippen LogP contribution >= 0.6 is 11.3 Å². The number of hydrogen-bond donors (Lipinski definition) is 3. The second kappa shape index (κ2) is 8.04. The molecule has 21 heavy (non-hydrogen) atoms. The Kier molecular flexibility index (Phi) is 7.45. The standard InChI is InChI=1S/C12H22N4OS.CH2O2/c1-11(2,3)14-7-6-12(4,5)10-16-15-9(18-10)8(13)17;2-1-3/h14H,6-7H2,1-5H3,(H2,13,17);1H,(H,2,3). The first-order valence-electron chi connectivity index (χ1n) is 6.50. The average molecular weight is 316 g/mol. The Morgan fingerprint density at radius 1 is 1.33 bits per heavy atom. The summed E-state index contributed by atoms with van der Waals surface area (Å²) in [5, 5.41) is 19.3. The van der Waals surface area contributed by atoms with E-state index < -0.39 is 5.91 Å². The molecule has 7 nitrogen and oxygen atoms in total. The Hall–Kier alpha value is -1.54. The van der Waals surface area contributed by atoms with Gasteiger partial charge >= 0.3 is 0 Å². The Balaban J connectivity index is 0.00000122. The van der Waals surface area contributed by atoms with Crippen LogP contribution in [0.5, 0.6) is 0 Å². The zero-order valence-corrected chi connectivity index (χ0v) is 14.0. The van der Waals surface area contributed by atoms with Gasteiger partial charge in [-0.3, -0.25) is 9.59 Å². The van der Waals surface area contributed by atoms with Gasteiger partial charge in [0.25, 0.3) is 12.4 Å². The first kappa shape index (κ1) is 19.5. The van der Waals surface area contributed by atoms with Gasteiger partial charge in [0, 0.05) is 11.0 Å². The number of nitrogens with one attached hydrogen (secondary N) is 1. The van der Waals surface area contributed by atoms with E-state index >= 15 is 0 Å². The van der Waals surface area contributed by atoms with Crippen LogP contribution in [0.4, 0.5) is 0 Å².